The summed E-state index contributed by atoms with van der Waals surface area (Å²) in [4.78, 5) is 12.8. The summed E-state index contributed by atoms with van der Waals surface area (Å²) < 4.78 is 6.96. The molecule has 1 fully saturated rings. The van der Waals surface area contributed by atoms with Crippen LogP contribution in [0, 0.1) is 13.8 Å². The zero-order chi connectivity index (χ0) is 17.4. The number of carbonyl (C=O) groups excluding carboxylic acids is 1. The minimum absolute atomic E-state index is 0.0376. The van der Waals surface area contributed by atoms with Crippen molar-refractivity contribution in [1.29, 1.82) is 0 Å². The quantitative estimate of drug-likeness (QED) is 0.776. The highest BCUT2D eigenvalue weighted by Crippen LogP contribution is 2.48. The molecule has 1 aliphatic rings. The van der Waals surface area contributed by atoms with Gasteiger partial charge in [-0.1, -0.05) is 35.5 Å². The first kappa shape index (κ1) is 15.6. The van der Waals surface area contributed by atoms with Gasteiger partial charge in [-0.15, -0.1) is 0 Å². The molecule has 1 amide bonds. The Morgan fingerprint density at radius 3 is 2.68 bits per heavy atom. The normalized spacial score (nSPS) is 15.1. The fraction of sp³-hybridized carbons (Fsp3) is 0.316. The molecule has 6 nitrogen and oxygen atoms in total. The van der Waals surface area contributed by atoms with Crippen molar-refractivity contribution >= 4 is 11.6 Å². The van der Waals surface area contributed by atoms with E-state index in [1.54, 1.807) is 10.9 Å². The summed E-state index contributed by atoms with van der Waals surface area (Å²) in [7, 11) is 0. The van der Waals surface area contributed by atoms with E-state index >= 15 is 0 Å². The number of carbonyl (C=O) groups is 1. The number of benzene rings is 1. The van der Waals surface area contributed by atoms with Gasteiger partial charge in [-0.3, -0.25) is 9.48 Å². The predicted molar refractivity (Wildman–Crippen MR) is 93.3 cm³/mol. The fourth-order valence-corrected chi connectivity index (χ4v) is 3.18. The van der Waals surface area contributed by atoms with Crippen LogP contribution in [-0.2, 0) is 16.8 Å². The van der Waals surface area contributed by atoms with Gasteiger partial charge in [0.15, 0.2) is 0 Å². The molecule has 3 aromatic rings. The zero-order valence-corrected chi connectivity index (χ0v) is 14.3. The van der Waals surface area contributed by atoms with Crippen LogP contribution in [0.5, 0.6) is 0 Å². The van der Waals surface area contributed by atoms with Crippen LogP contribution in [-0.4, -0.2) is 20.8 Å². The van der Waals surface area contributed by atoms with Gasteiger partial charge >= 0.3 is 0 Å². The summed E-state index contributed by atoms with van der Waals surface area (Å²) in [5.74, 6) is 0.829. The molecule has 0 bridgehead atoms. The van der Waals surface area contributed by atoms with Crippen LogP contribution in [0.3, 0.4) is 0 Å². The molecule has 25 heavy (non-hydrogen) atoms. The van der Waals surface area contributed by atoms with E-state index in [2.05, 4.69) is 15.6 Å². The van der Waals surface area contributed by atoms with E-state index in [1.165, 1.54) is 0 Å². The van der Waals surface area contributed by atoms with Crippen molar-refractivity contribution in [3.63, 3.8) is 0 Å². The highest BCUT2D eigenvalue weighted by atomic mass is 16.5. The number of aromatic nitrogens is 3. The average molecular weight is 336 g/mol. The molecular formula is C19H20N4O2. The largest absolute Gasteiger partial charge is 0.361 e. The predicted octanol–water partition coefficient (Wildman–Crippen LogP) is 3.21. The van der Waals surface area contributed by atoms with Crippen LogP contribution in [0.15, 0.2) is 47.2 Å². The Kier molecular flexibility index (Phi) is 3.67. The number of nitrogens with one attached hydrogen (secondary N) is 1. The van der Waals surface area contributed by atoms with E-state index < -0.39 is 0 Å². The van der Waals surface area contributed by atoms with Gasteiger partial charge in [0.1, 0.15) is 5.76 Å². The number of amides is 1. The highest BCUT2D eigenvalue weighted by molar-refractivity contribution is 6.01. The molecule has 2 aromatic heterocycles. The molecule has 0 saturated heterocycles. The maximum atomic E-state index is 12.8. The topological polar surface area (TPSA) is 73.0 Å². The number of anilines is 1. The van der Waals surface area contributed by atoms with Gasteiger partial charge in [0.25, 0.3) is 0 Å². The molecule has 4 rings (SSSR count). The SMILES string of the molecule is Cc1noc(C)c1Cn1cc(NC(=O)C2(c3ccccc3)CC2)cn1. The third kappa shape index (κ3) is 2.84. The smallest absolute Gasteiger partial charge is 0.235 e. The van der Waals surface area contributed by atoms with E-state index in [0.29, 0.717) is 12.2 Å². The van der Waals surface area contributed by atoms with Crippen molar-refractivity contribution in [3.05, 3.63) is 65.3 Å². The molecule has 0 atom stereocenters. The maximum absolute atomic E-state index is 12.8. The molecule has 1 aliphatic carbocycles. The van der Waals surface area contributed by atoms with E-state index in [1.807, 2.05) is 50.4 Å². The third-order valence-electron chi connectivity index (χ3n) is 4.90. The summed E-state index contributed by atoms with van der Waals surface area (Å²) in [5.41, 5.74) is 3.28. The second-order valence-electron chi connectivity index (χ2n) is 6.63. The lowest BCUT2D eigenvalue weighted by Gasteiger charge is -2.14. The molecule has 0 spiro atoms. The van der Waals surface area contributed by atoms with Gasteiger partial charge in [-0.2, -0.15) is 5.10 Å². The lowest BCUT2D eigenvalue weighted by atomic mass is 9.95. The number of aryl methyl sites for hydroxylation is 2. The van der Waals surface area contributed by atoms with Crippen LogP contribution in [0.1, 0.15) is 35.4 Å². The van der Waals surface area contributed by atoms with E-state index in [4.69, 9.17) is 4.52 Å². The summed E-state index contributed by atoms with van der Waals surface area (Å²) in [6, 6.07) is 9.96. The highest BCUT2D eigenvalue weighted by Gasteiger charge is 2.51. The average Bonchev–Trinajstić information content (AvgIpc) is 3.24. The molecule has 128 valence electrons. The monoisotopic (exact) mass is 336 g/mol. The first-order chi connectivity index (χ1) is 12.1. The molecule has 0 aliphatic heterocycles. The first-order valence-electron chi connectivity index (χ1n) is 8.40. The number of hydrogen-bond acceptors (Lipinski definition) is 4. The van der Waals surface area contributed by atoms with E-state index in [-0.39, 0.29) is 11.3 Å². The van der Waals surface area contributed by atoms with Gasteiger partial charge in [0.05, 0.1) is 29.5 Å². The molecule has 0 unspecified atom stereocenters. The summed E-state index contributed by atoms with van der Waals surface area (Å²) in [6.45, 7) is 4.37. The van der Waals surface area contributed by atoms with Crippen molar-refractivity contribution in [2.75, 3.05) is 5.32 Å². The van der Waals surface area contributed by atoms with Crippen molar-refractivity contribution in [2.24, 2.45) is 0 Å². The molecule has 6 heteroatoms. The Morgan fingerprint density at radius 1 is 1.28 bits per heavy atom. The summed E-state index contributed by atoms with van der Waals surface area (Å²) in [5, 5.41) is 11.3. The Balaban J connectivity index is 1.47. The Hall–Kier alpha value is -2.89. The van der Waals surface area contributed by atoms with Crippen molar-refractivity contribution in [1.82, 2.24) is 14.9 Å². The standard InChI is InChI=1S/C19H20N4O2/c1-13-17(14(2)25-22-13)12-23-11-16(10-20-23)21-18(24)19(8-9-19)15-6-4-3-5-7-15/h3-7,10-11H,8-9,12H2,1-2H3,(H,21,24). The third-order valence-corrected chi connectivity index (χ3v) is 4.90. The van der Waals surface area contributed by atoms with E-state index in [9.17, 15) is 4.79 Å². The molecule has 2 heterocycles. The van der Waals surface area contributed by atoms with Gasteiger partial charge in [0.2, 0.25) is 5.91 Å². The van der Waals surface area contributed by atoms with Gasteiger partial charge in [0, 0.05) is 11.8 Å². The van der Waals surface area contributed by atoms with E-state index in [0.717, 1.165) is 35.4 Å². The molecule has 1 saturated carbocycles. The van der Waals surface area contributed by atoms with Crippen LogP contribution in [0.2, 0.25) is 0 Å². The van der Waals surface area contributed by atoms with Crippen LogP contribution >= 0.6 is 0 Å². The minimum Gasteiger partial charge on any atom is -0.361 e. The zero-order valence-electron chi connectivity index (χ0n) is 14.3. The molecule has 0 radical (unpaired) electrons. The Bertz CT molecular complexity index is 887. The van der Waals surface area contributed by atoms with Crippen LogP contribution < -0.4 is 5.32 Å². The van der Waals surface area contributed by atoms with Crippen molar-refractivity contribution in [2.45, 2.75) is 38.6 Å². The molecule has 1 N–H and O–H groups in total. The van der Waals surface area contributed by atoms with Crippen LogP contribution in [0.25, 0.3) is 0 Å². The van der Waals surface area contributed by atoms with Gasteiger partial charge in [-0.05, 0) is 32.3 Å². The van der Waals surface area contributed by atoms with Gasteiger partial charge in [-0.25, -0.2) is 0 Å². The Morgan fingerprint density at radius 2 is 2.04 bits per heavy atom. The van der Waals surface area contributed by atoms with Crippen LogP contribution in [0.4, 0.5) is 5.69 Å². The summed E-state index contributed by atoms with van der Waals surface area (Å²) >= 11 is 0. The lowest BCUT2D eigenvalue weighted by molar-refractivity contribution is -0.118. The van der Waals surface area contributed by atoms with Gasteiger partial charge < -0.3 is 9.84 Å². The fourth-order valence-electron chi connectivity index (χ4n) is 3.18. The minimum atomic E-state index is -0.384. The molecule has 1 aromatic carbocycles. The lowest BCUT2D eigenvalue weighted by Crippen LogP contribution is -2.27. The second kappa shape index (κ2) is 5.88. The second-order valence-corrected chi connectivity index (χ2v) is 6.63. The molecular weight excluding hydrogens is 316 g/mol. The maximum Gasteiger partial charge on any atom is 0.235 e. The number of nitrogens with zero attached hydrogens (tertiary/aromatic N) is 3. The summed E-state index contributed by atoms with van der Waals surface area (Å²) in [6.07, 6.45) is 5.29. The number of hydrogen-bond donors (Lipinski definition) is 1. The van der Waals surface area contributed by atoms with Crippen molar-refractivity contribution in [3.8, 4) is 0 Å². The Labute approximate surface area is 145 Å². The number of rotatable bonds is 5. The first-order valence-corrected chi connectivity index (χ1v) is 8.40. The van der Waals surface area contributed by atoms with Crippen molar-refractivity contribution < 1.29 is 9.32 Å².